The number of hydrogen-bond acceptors (Lipinski definition) is 4. The van der Waals surface area contributed by atoms with E-state index in [1.165, 1.54) is 0 Å². The van der Waals surface area contributed by atoms with Gasteiger partial charge in [0.25, 0.3) is 0 Å². The Labute approximate surface area is 105 Å². The number of rotatable bonds is 2. The van der Waals surface area contributed by atoms with E-state index in [1.807, 2.05) is 43.3 Å². The third kappa shape index (κ3) is 1.93. The number of nitrogen functional groups attached to an aromatic ring is 1. The molecule has 0 unspecified atom stereocenters. The summed E-state index contributed by atoms with van der Waals surface area (Å²) in [6.07, 6.45) is 0. The topological polar surface area (TPSA) is 56.5 Å². The molecular formula is C14H14N2O2. The van der Waals surface area contributed by atoms with Crippen LogP contribution in [0.25, 0.3) is 0 Å². The lowest BCUT2D eigenvalue weighted by molar-refractivity contribution is 0.174. The molecule has 3 N–H and O–H groups in total. The van der Waals surface area contributed by atoms with Crippen LogP contribution in [0.3, 0.4) is 0 Å². The molecule has 4 heteroatoms. The number of ether oxygens (including phenoxy) is 2. The molecule has 0 fully saturated rings. The summed E-state index contributed by atoms with van der Waals surface area (Å²) < 4.78 is 10.6. The SMILES string of the molecule is Cc1ccc(Nc2ccc3c(c2)OCO3)c(N)c1. The van der Waals surface area contributed by atoms with Crippen LogP contribution in [0.5, 0.6) is 11.5 Å². The zero-order chi connectivity index (χ0) is 12.5. The Bertz CT molecular complexity index is 596. The Kier molecular flexibility index (Phi) is 2.48. The highest BCUT2D eigenvalue weighted by molar-refractivity contribution is 5.74. The van der Waals surface area contributed by atoms with Crippen LogP contribution < -0.4 is 20.5 Å². The molecule has 1 aliphatic heterocycles. The monoisotopic (exact) mass is 242 g/mol. The second-order valence-corrected chi connectivity index (χ2v) is 4.28. The van der Waals surface area contributed by atoms with E-state index in [2.05, 4.69) is 5.32 Å². The first-order valence-corrected chi connectivity index (χ1v) is 5.75. The van der Waals surface area contributed by atoms with Crippen LogP contribution in [0.1, 0.15) is 5.56 Å². The second kappa shape index (κ2) is 4.14. The zero-order valence-corrected chi connectivity index (χ0v) is 10.1. The van der Waals surface area contributed by atoms with Crippen molar-refractivity contribution in [2.24, 2.45) is 0 Å². The molecule has 92 valence electrons. The van der Waals surface area contributed by atoms with Crippen molar-refractivity contribution >= 4 is 17.1 Å². The van der Waals surface area contributed by atoms with Crippen LogP contribution in [0.15, 0.2) is 36.4 Å². The third-order valence-corrected chi connectivity index (χ3v) is 2.86. The lowest BCUT2D eigenvalue weighted by Crippen LogP contribution is -1.96. The quantitative estimate of drug-likeness (QED) is 0.795. The normalized spacial score (nSPS) is 12.5. The minimum Gasteiger partial charge on any atom is -0.454 e. The predicted octanol–water partition coefficient (Wildman–Crippen LogP) is 3.05. The van der Waals surface area contributed by atoms with E-state index in [4.69, 9.17) is 15.2 Å². The van der Waals surface area contributed by atoms with Crippen molar-refractivity contribution in [3.63, 3.8) is 0 Å². The average molecular weight is 242 g/mol. The molecule has 0 saturated carbocycles. The molecular weight excluding hydrogens is 228 g/mol. The van der Waals surface area contributed by atoms with Gasteiger partial charge in [0.1, 0.15) is 0 Å². The third-order valence-electron chi connectivity index (χ3n) is 2.86. The van der Waals surface area contributed by atoms with Gasteiger partial charge in [-0.2, -0.15) is 0 Å². The Hall–Kier alpha value is -2.36. The number of benzene rings is 2. The highest BCUT2D eigenvalue weighted by Crippen LogP contribution is 2.35. The van der Waals surface area contributed by atoms with Gasteiger partial charge in [-0.3, -0.25) is 0 Å². The molecule has 2 aromatic rings. The van der Waals surface area contributed by atoms with Crippen LogP contribution >= 0.6 is 0 Å². The summed E-state index contributed by atoms with van der Waals surface area (Å²) >= 11 is 0. The summed E-state index contributed by atoms with van der Waals surface area (Å²) in [4.78, 5) is 0. The van der Waals surface area contributed by atoms with E-state index in [9.17, 15) is 0 Å². The smallest absolute Gasteiger partial charge is 0.231 e. The predicted molar refractivity (Wildman–Crippen MR) is 71.4 cm³/mol. The van der Waals surface area contributed by atoms with Crippen LogP contribution in [-0.4, -0.2) is 6.79 Å². The number of nitrogens with one attached hydrogen (secondary N) is 1. The summed E-state index contributed by atoms with van der Waals surface area (Å²) in [5.74, 6) is 1.53. The van der Waals surface area contributed by atoms with Gasteiger partial charge in [0, 0.05) is 11.8 Å². The highest BCUT2D eigenvalue weighted by atomic mass is 16.7. The van der Waals surface area contributed by atoms with Crippen LogP contribution in [0, 0.1) is 6.92 Å². The molecule has 0 aliphatic carbocycles. The first-order chi connectivity index (χ1) is 8.72. The maximum atomic E-state index is 5.96. The van der Waals surface area contributed by atoms with Crippen molar-refractivity contribution in [2.45, 2.75) is 6.92 Å². The van der Waals surface area contributed by atoms with Crippen molar-refractivity contribution in [3.05, 3.63) is 42.0 Å². The first-order valence-electron chi connectivity index (χ1n) is 5.75. The Balaban J connectivity index is 1.88. The van der Waals surface area contributed by atoms with Gasteiger partial charge in [0.05, 0.1) is 11.4 Å². The lowest BCUT2D eigenvalue weighted by atomic mass is 10.2. The molecule has 3 rings (SSSR count). The standard InChI is InChI=1S/C14H14N2O2/c1-9-2-4-12(11(15)6-9)16-10-3-5-13-14(7-10)18-8-17-13/h2-7,16H,8,15H2,1H3. The molecule has 1 heterocycles. The molecule has 0 atom stereocenters. The first kappa shape index (κ1) is 10.8. The lowest BCUT2D eigenvalue weighted by Gasteiger charge is -2.10. The van der Waals surface area contributed by atoms with Crippen LogP contribution in [-0.2, 0) is 0 Å². The molecule has 18 heavy (non-hydrogen) atoms. The van der Waals surface area contributed by atoms with Gasteiger partial charge in [-0.05, 0) is 36.8 Å². The minimum absolute atomic E-state index is 0.283. The van der Waals surface area contributed by atoms with E-state index in [0.29, 0.717) is 0 Å². The van der Waals surface area contributed by atoms with E-state index in [1.54, 1.807) is 0 Å². The summed E-state index contributed by atoms with van der Waals surface area (Å²) in [7, 11) is 0. The van der Waals surface area contributed by atoms with E-state index in [0.717, 1.165) is 34.1 Å². The Morgan fingerprint density at radius 3 is 2.72 bits per heavy atom. The van der Waals surface area contributed by atoms with Crippen molar-refractivity contribution in [1.82, 2.24) is 0 Å². The molecule has 1 aliphatic rings. The maximum Gasteiger partial charge on any atom is 0.231 e. The molecule has 0 amide bonds. The second-order valence-electron chi connectivity index (χ2n) is 4.28. The highest BCUT2D eigenvalue weighted by Gasteiger charge is 2.13. The van der Waals surface area contributed by atoms with Crippen LogP contribution in [0.2, 0.25) is 0 Å². The summed E-state index contributed by atoms with van der Waals surface area (Å²) in [5.41, 5.74) is 9.65. The zero-order valence-electron chi connectivity index (χ0n) is 10.1. The van der Waals surface area contributed by atoms with Crippen LogP contribution in [0.4, 0.5) is 17.1 Å². The fourth-order valence-corrected chi connectivity index (χ4v) is 1.93. The largest absolute Gasteiger partial charge is 0.454 e. The number of hydrogen-bond donors (Lipinski definition) is 2. The fourth-order valence-electron chi connectivity index (χ4n) is 1.93. The summed E-state index contributed by atoms with van der Waals surface area (Å²) in [6.45, 7) is 2.30. The number of anilines is 3. The molecule has 4 nitrogen and oxygen atoms in total. The van der Waals surface area contributed by atoms with Gasteiger partial charge in [-0.25, -0.2) is 0 Å². The van der Waals surface area contributed by atoms with E-state index < -0.39 is 0 Å². The van der Waals surface area contributed by atoms with Crippen molar-refractivity contribution in [1.29, 1.82) is 0 Å². The maximum absolute atomic E-state index is 5.96. The van der Waals surface area contributed by atoms with Gasteiger partial charge in [0.15, 0.2) is 11.5 Å². The number of aryl methyl sites for hydroxylation is 1. The Morgan fingerprint density at radius 1 is 1.06 bits per heavy atom. The van der Waals surface area contributed by atoms with Gasteiger partial charge < -0.3 is 20.5 Å². The molecule has 2 aromatic carbocycles. The Morgan fingerprint density at radius 2 is 1.89 bits per heavy atom. The minimum atomic E-state index is 0.283. The van der Waals surface area contributed by atoms with Crippen molar-refractivity contribution in [2.75, 3.05) is 17.8 Å². The van der Waals surface area contributed by atoms with Gasteiger partial charge >= 0.3 is 0 Å². The molecule has 0 bridgehead atoms. The average Bonchev–Trinajstić information content (AvgIpc) is 2.80. The van der Waals surface area contributed by atoms with Gasteiger partial charge in [-0.1, -0.05) is 6.07 Å². The summed E-state index contributed by atoms with van der Waals surface area (Å²) in [5, 5.41) is 3.27. The van der Waals surface area contributed by atoms with Crippen molar-refractivity contribution in [3.8, 4) is 11.5 Å². The van der Waals surface area contributed by atoms with Gasteiger partial charge in [-0.15, -0.1) is 0 Å². The molecule has 0 radical (unpaired) electrons. The van der Waals surface area contributed by atoms with Gasteiger partial charge in [0.2, 0.25) is 6.79 Å². The molecule has 0 spiro atoms. The van der Waals surface area contributed by atoms with Crippen molar-refractivity contribution < 1.29 is 9.47 Å². The molecule has 0 aromatic heterocycles. The number of fused-ring (bicyclic) bond motifs is 1. The van der Waals surface area contributed by atoms with E-state index >= 15 is 0 Å². The summed E-state index contributed by atoms with van der Waals surface area (Å²) in [6, 6.07) is 11.7. The fraction of sp³-hybridized carbons (Fsp3) is 0.143. The molecule has 0 saturated heterocycles. The van der Waals surface area contributed by atoms with E-state index in [-0.39, 0.29) is 6.79 Å². The number of nitrogens with two attached hydrogens (primary N) is 1.